The van der Waals surface area contributed by atoms with Crippen LogP contribution in [0.3, 0.4) is 0 Å². The fraction of sp³-hybridized carbons (Fsp3) is 0.917. The lowest BCUT2D eigenvalue weighted by Gasteiger charge is -2.32. The number of nitrogens with one attached hydrogen (secondary N) is 1. The number of sulfonamides is 1. The van der Waals surface area contributed by atoms with Gasteiger partial charge in [-0.2, -0.15) is 0 Å². The van der Waals surface area contributed by atoms with E-state index < -0.39 is 10.0 Å². The van der Waals surface area contributed by atoms with Gasteiger partial charge in [-0.1, -0.05) is 0 Å². The van der Waals surface area contributed by atoms with Crippen molar-refractivity contribution in [3.8, 4) is 0 Å². The summed E-state index contributed by atoms with van der Waals surface area (Å²) in [6, 6.07) is 0.150. The standard InChI is InChI=1S/C12H22N2O3S/c1-9(2)18(16,17)14-7-5-11(6-8-14)13-12(15)10-3-4-10/h9-11H,3-8H2,1-2H3,(H,13,15). The minimum atomic E-state index is -3.14. The first-order valence-corrected chi connectivity index (χ1v) is 8.21. The van der Waals surface area contributed by atoms with E-state index in [2.05, 4.69) is 5.32 Å². The second-order valence-electron chi connectivity index (χ2n) is 5.55. The van der Waals surface area contributed by atoms with Crippen LogP contribution < -0.4 is 5.32 Å². The summed E-state index contributed by atoms with van der Waals surface area (Å²) in [5, 5.41) is 2.66. The molecule has 1 heterocycles. The first-order valence-electron chi connectivity index (χ1n) is 6.70. The summed E-state index contributed by atoms with van der Waals surface area (Å²) in [4.78, 5) is 11.6. The highest BCUT2D eigenvalue weighted by molar-refractivity contribution is 7.89. The normalized spacial score (nSPS) is 23.3. The van der Waals surface area contributed by atoms with Crippen LogP contribution in [-0.2, 0) is 14.8 Å². The fourth-order valence-electron chi connectivity index (χ4n) is 2.22. The van der Waals surface area contributed by atoms with E-state index in [9.17, 15) is 13.2 Å². The molecular weight excluding hydrogens is 252 g/mol. The summed E-state index contributed by atoms with van der Waals surface area (Å²) in [6.45, 7) is 4.46. The van der Waals surface area contributed by atoms with Crippen LogP contribution in [-0.4, -0.2) is 43.0 Å². The molecule has 1 saturated heterocycles. The molecule has 0 atom stereocenters. The average molecular weight is 274 g/mol. The number of hydrogen-bond acceptors (Lipinski definition) is 3. The maximum Gasteiger partial charge on any atom is 0.223 e. The number of carbonyl (C=O) groups excluding carboxylic acids is 1. The molecule has 6 heteroatoms. The third-order valence-electron chi connectivity index (χ3n) is 3.70. The van der Waals surface area contributed by atoms with Gasteiger partial charge in [0.1, 0.15) is 0 Å². The third kappa shape index (κ3) is 3.03. The molecule has 0 spiro atoms. The highest BCUT2D eigenvalue weighted by Gasteiger charge is 2.34. The van der Waals surface area contributed by atoms with Crippen molar-refractivity contribution in [1.29, 1.82) is 0 Å². The molecule has 1 saturated carbocycles. The van der Waals surface area contributed by atoms with Gasteiger partial charge >= 0.3 is 0 Å². The molecule has 0 aromatic heterocycles. The number of rotatable bonds is 4. The molecule has 0 unspecified atom stereocenters. The van der Waals surface area contributed by atoms with Crippen molar-refractivity contribution in [2.75, 3.05) is 13.1 Å². The lowest BCUT2D eigenvalue weighted by molar-refractivity contribution is -0.123. The average Bonchev–Trinajstić information content (AvgIpc) is 3.13. The van der Waals surface area contributed by atoms with E-state index in [1.165, 1.54) is 0 Å². The van der Waals surface area contributed by atoms with Gasteiger partial charge < -0.3 is 5.32 Å². The Balaban J connectivity index is 1.82. The van der Waals surface area contributed by atoms with Crippen molar-refractivity contribution in [2.45, 2.75) is 50.8 Å². The Labute approximate surface area is 109 Å². The number of carbonyl (C=O) groups is 1. The predicted molar refractivity (Wildman–Crippen MR) is 69.5 cm³/mol. The van der Waals surface area contributed by atoms with Crippen molar-refractivity contribution in [3.05, 3.63) is 0 Å². The highest BCUT2D eigenvalue weighted by atomic mass is 32.2. The predicted octanol–water partition coefficient (Wildman–Crippen LogP) is 0.715. The van der Waals surface area contributed by atoms with Crippen LogP contribution in [0.2, 0.25) is 0 Å². The Morgan fingerprint density at radius 1 is 1.17 bits per heavy atom. The Morgan fingerprint density at radius 3 is 2.17 bits per heavy atom. The Hall–Kier alpha value is -0.620. The Kier molecular flexibility index (Phi) is 3.96. The fourth-order valence-corrected chi connectivity index (χ4v) is 3.53. The molecule has 5 nitrogen and oxygen atoms in total. The minimum Gasteiger partial charge on any atom is -0.353 e. The van der Waals surface area contributed by atoms with Crippen molar-refractivity contribution < 1.29 is 13.2 Å². The summed E-state index contributed by atoms with van der Waals surface area (Å²) in [5.74, 6) is 0.377. The Morgan fingerprint density at radius 2 is 1.72 bits per heavy atom. The van der Waals surface area contributed by atoms with Crippen LogP contribution in [0.4, 0.5) is 0 Å². The van der Waals surface area contributed by atoms with E-state index in [0.29, 0.717) is 13.1 Å². The van der Waals surface area contributed by atoms with Crippen molar-refractivity contribution in [1.82, 2.24) is 9.62 Å². The zero-order valence-corrected chi connectivity index (χ0v) is 11.9. The number of nitrogens with zero attached hydrogens (tertiary/aromatic N) is 1. The largest absolute Gasteiger partial charge is 0.353 e. The zero-order valence-electron chi connectivity index (χ0n) is 11.1. The summed E-state index contributed by atoms with van der Waals surface area (Å²) >= 11 is 0. The number of amides is 1. The summed E-state index contributed by atoms with van der Waals surface area (Å²) < 4.78 is 25.5. The van der Waals surface area contributed by atoms with Crippen LogP contribution in [0.5, 0.6) is 0 Å². The Bertz CT molecular complexity index is 407. The molecule has 2 fully saturated rings. The van der Waals surface area contributed by atoms with E-state index >= 15 is 0 Å². The van der Waals surface area contributed by atoms with Gasteiger partial charge in [-0.15, -0.1) is 0 Å². The molecule has 0 aromatic carbocycles. The molecule has 2 rings (SSSR count). The zero-order chi connectivity index (χ0) is 13.3. The maximum absolute atomic E-state index is 12.0. The minimum absolute atomic E-state index is 0.150. The molecule has 1 amide bonds. The van der Waals surface area contributed by atoms with Crippen molar-refractivity contribution in [2.24, 2.45) is 5.92 Å². The molecule has 1 N–H and O–H groups in total. The molecular formula is C12H22N2O3S. The van der Waals surface area contributed by atoms with E-state index in [1.54, 1.807) is 18.2 Å². The summed E-state index contributed by atoms with van der Waals surface area (Å²) in [6.07, 6.45) is 3.47. The van der Waals surface area contributed by atoms with E-state index in [-0.39, 0.29) is 23.1 Å². The van der Waals surface area contributed by atoms with Gasteiger partial charge in [-0.05, 0) is 39.5 Å². The van der Waals surface area contributed by atoms with Crippen LogP contribution in [0.15, 0.2) is 0 Å². The van der Waals surface area contributed by atoms with Gasteiger partial charge in [0.25, 0.3) is 0 Å². The second kappa shape index (κ2) is 5.17. The molecule has 2 aliphatic rings. The molecule has 0 aromatic rings. The second-order valence-corrected chi connectivity index (χ2v) is 8.04. The van der Waals surface area contributed by atoms with Gasteiger partial charge in [0.05, 0.1) is 5.25 Å². The lowest BCUT2D eigenvalue weighted by Crippen LogP contribution is -2.48. The van der Waals surface area contributed by atoms with Gasteiger partial charge in [0.15, 0.2) is 0 Å². The molecule has 0 radical (unpaired) electrons. The molecule has 104 valence electrons. The van der Waals surface area contributed by atoms with E-state index in [4.69, 9.17) is 0 Å². The van der Waals surface area contributed by atoms with Crippen LogP contribution in [0.25, 0.3) is 0 Å². The lowest BCUT2D eigenvalue weighted by atomic mass is 10.1. The third-order valence-corrected chi connectivity index (χ3v) is 5.98. The summed E-state index contributed by atoms with van der Waals surface area (Å²) in [7, 11) is -3.14. The molecule has 1 aliphatic heterocycles. The quantitative estimate of drug-likeness (QED) is 0.821. The molecule has 1 aliphatic carbocycles. The van der Waals surface area contributed by atoms with Gasteiger partial charge in [-0.3, -0.25) is 4.79 Å². The SMILES string of the molecule is CC(C)S(=O)(=O)N1CCC(NC(=O)C2CC2)CC1. The van der Waals surface area contributed by atoms with Crippen molar-refractivity contribution in [3.63, 3.8) is 0 Å². The number of hydrogen-bond donors (Lipinski definition) is 1. The topological polar surface area (TPSA) is 66.5 Å². The smallest absolute Gasteiger partial charge is 0.223 e. The van der Waals surface area contributed by atoms with E-state index in [1.807, 2.05) is 0 Å². The van der Waals surface area contributed by atoms with Gasteiger partial charge in [0.2, 0.25) is 15.9 Å². The van der Waals surface area contributed by atoms with Crippen LogP contribution in [0.1, 0.15) is 39.5 Å². The van der Waals surface area contributed by atoms with Crippen LogP contribution in [0, 0.1) is 5.92 Å². The van der Waals surface area contributed by atoms with Gasteiger partial charge in [-0.25, -0.2) is 12.7 Å². The summed E-state index contributed by atoms with van der Waals surface area (Å²) in [5.41, 5.74) is 0. The van der Waals surface area contributed by atoms with Crippen molar-refractivity contribution >= 4 is 15.9 Å². The highest BCUT2D eigenvalue weighted by Crippen LogP contribution is 2.29. The number of piperidine rings is 1. The van der Waals surface area contributed by atoms with Crippen LogP contribution >= 0.6 is 0 Å². The van der Waals surface area contributed by atoms with Gasteiger partial charge in [0, 0.05) is 25.0 Å². The maximum atomic E-state index is 12.0. The molecule has 18 heavy (non-hydrogen) atoms. The van der Waals surface area contributed by atoms with E-state index in [0.717, 1.165) is 25.7 Å². The molecule has 0 bridgehead atoms. The first-order chi connectivity index (χ1) is 8.41. The monoisotopic (exact) mass is 274 g/mol. The first kappa shape index (κ1) is 13.8.